The lowest BCUT2D eigenvalue weighted by atomic mass is 9.93. The van der Waals surface area contributed by atoms with Crippen molar-refractivity contribution < 1.29 is 23.9 Å². The molecule has 10 nitrogen and oxygen atoms in total. The second-order valence-corrected chi connectivity index (χ2v) is 13.5. The number of nitro benzene ring substituents is 1. The number of halogens is 2. The summed E-state index contributed by atoms with van der Waals surface area (Å²) in [6.45, 7) is 2.00. The number of carbonyl (C=O) groups is 1. The number of thiazole rings is 1. The highest BCUT2D eigenvalue weighted by molar-refractivity contribution is 9.11. The maximum Gasteiger partial charge on any atom is 0.338 e. The highest BCUT2D eigenvalue weighted by Crippen LogP contribution is 2.37. The molecule has 6 rings (SSSR count). The molecule has 0 fully saturated rings. The molecule has 0 aliphatic carbocycles. The Kier molecular flexibility index (Phi) is 10.2. The Balaban J connectivity index is 1.52. The summed E-state index contributed by atoms with van der Waals surface area (Å²) in [5, 5.41) is 11.1. The number of nitro groups is 1. The Morgan fingerprint density at radius 1 is 1.04 bits per heavy atom. The van der Waals surface area contributed by atoms with E-state index in [1.54, 1.807) is 44.4 Å². The molecule has 248 valence electrons. The molecule has 1 aromatic heterocycles. The fraction of sp³-hybridized carbons (Fsp3) is 0.139. The van der Waals surface area contributed by atoms with Crippen LogP contribution in [0.4, 0.5) is 5.69 Å². The number of non-ortho nitro benzene ring substituents is 1. The fourth-order valence-electron chi connectivity index (χ4n) is 5.39. The molecule has 1 aliphatic rings. The highest BCUT2D eigenvalue weighted by Gasteiger charge is 2.35. The van der Waals surface area contributed by atoms with Gasteiger partial charge in [0.1, 0.15) is 18.1 Å². The number of carbonyl (C=O) groups excluding carboxylic acids is 1. The van der Waals surface area contributed by atoms with Crippen LogP contribution in [0.3, 0.4) is 0 Å². The number of fused-ring (bicyclic) bond motifs is 1. The average molecular weight is 806 g/mol. The van der Waals surface area contributed by atoms with Crippen LogP contribution in [0, 0.1) is 10.1 Å². The molecule has 4 aromatic carbocycles. The second kappa shape index (κ2) is 14.7. The van der Waals surface area contributed by atoms with E-state index in [4.69, 9.17) is 19.2 Å². The highest BCUT2D eigenvalue weighted by atomic mass is 79.9. The van der Waals surface area contributed by atoms with Crippen LogP contribution in [0.1, 0.15) is 35.2 Å². The van der Waals surface area contributed by atoms with Gasteiger partial charge in [0, 0.05) is 27.7 Å². The number of ether oxygens (including phenoxy) is 3. The minimum Gasteiger partial charge on any atom is -0.497 e. The summed E-state index contributed by atoms with van der Waals surface area (Å²) >= 11 is 8.32. The summed E-state index contributed by atoms with van der Waals surface area (Å²) in [6, 6.07) is 25.5. The molecule has 5 aromatic rings. The van der Waals surface area contributed by atoms with Gasteiger partial charge in [-0.15, -0.1) is 0 Å². The van der Waals surface area contributed by atoms with Crippen LogP contribution in [0.2, 0.25) is 0 Å². The van der Waals surface area contributed by atoms with Gasteiger partial charge < -0.3 is 14.2 Å². The predicted molar refractivity (Wildman–Crippen MR) is 193 cm³/mol. The van der Waals surface area contributed by atoms with Gasteiger partial charge >= 0.3 is 5.97 Å². The number of hydrogen-bond acceptors (Lipinski definition) is 9. The third-order valence-corrected chi connectivity index (χ3v) is 9.69. The normalized spacial score (nSPS) is 14.2. The van der Waals surface area contributed by atoms with E-state index in [1.807, 2.05) is 54.6 Å². The van der Waals surface area contributed by atoms with E-state index < -0.39 is 16.9 Å². The largest absolute Gasteiger partial charge is 0.497 e. The molecule has 0 saturated heterocycles. The third kappa shape index (κ3) is 7.14. The molecular weight excluding hydrogens is 778 g/mol. The molecule has 0 unspecified atom stereocenters. The maximum absolute atomic E-state index is 14.4. The monoisotopic (exact) mass is 803 g/mol. The Bertz CT molecular complexity index is 2270. The molecule has 1 atom stereocenters. The number of hydrogen-bond donors (Lipinski definition) is 0. The smallest absolute Gasteiger partial charge is 0.338 e. The van der Waals surface area contributed by atoms with E-state index in [9.17, 15) is 19.7 Å². The van der Waals surface area contributed by atoms with E-state index in [-0.39, 0.29) is 30.0 Å². The first-order valence-electron chi connectivity index (χ1n) is 15.0. The van der Waals surface area contributed by atoms with E-state index >= 15 is 0 Å². The zero-order valence-electron chi connectivity index (χ0n) is 26.1. The van der Waals surface area contributed by atoms with Crippen molar-refractivity contribution in [2.75, 3.05) is 13.7 Å². The van der Waals surface area contributed by atoms with E-state index in [0.717, 1.165) is 10.0 Å². The Labute approximate surface area is 301 Å². The van der Waals surface area contributed by atoms with Crippen molar-refractivity contribution in [1.82, 2.24) is 4.57 Å². The maximum atomic E-state index is 14.4. The standard InChI is InChI=1S/C36H27Br2N3O7S/c1-3-47-35(43)30-31(22-7-5-4-6-8-22)39-36-40(32(30)23-11-15-27(46-2)16-12-23)34(42)29(49-36)18-24-17-25(37)19-28(38)33(24)48-20-21-9-13-26(14-10-21)41(44)45/h4-19,32H,3,20H2,1-2H3/b29-18-/t32-/m1/s1. The summed E-state index contributed by atoms with van der Waals surface area (Å²) in [4.78, 5) is 44.1. The molecular formula is C36H27Br2N3O7S. The molecule has 0 amide bonds. The minimum atomic E-state index is -0.842. The second-order valence-electron chi connectivity index (χ2n) is 10.7. The lowest BCUT2D eigenvalue weighted by Crippen LogP contribution is -2.40. The van der Waals surface area contributed by atoms with Crippen molar-refractivity contribution in [2.24, 2.45) is 4.99 Å². The van der Waals surface area contributed by atoms with Gasteiger partial charge in [0.05, 0.1) is 45.0 Å². The number of aromatic nitrogens is 1. The predicted octanol–water partition coefficient (Wildman–Crippen LogP) is 6.96. The van der Waals surface area contributed by atoms with Gasteiger partial charge in [-0.25, -0.2) is 9.79 Å². The van der Waals surface area contributed by atoms with Crippen molar-refractivity contribution in [1.29, 1.82) is 0 Å². The van der Waals surface area contributed by atoms with Crippen LogP contribution in [-0.2, 0) is 16.1 Å². The first-order chi connectivity index (χ1) is 23.7. The molecule has 0 spiro atoms. The summed E-state index contributed by atoms with van der Waals surface area (Å²) in [6.07, 6.45) is 1.73. The fourth-order valence-corrected chi connectivity index (χ4v) is 7.76. The SMILES string of the molecule is CCOC(=O)C1=C(c2ccccc2)N=c2s/c(=C\c3cc(Br)cc(Br)c3OCc3ccc([N+](=O)[O-])cc3)c(=O)n2[C@@H]1c1ccc(OC)cc1. The molecule has 2 heterocycles. The lowest BCUT2D eigenvalue weighted by Gasteiger charge is -2.26. The summed E-state index contributed by atoms with van der Waals surface area (Å²) in [5.41, 5.74) is 3.01. The first kappa shape index (κ1) is 34.0. The average Bonchev–Trinajstić information content (AvgIpc) is 3.41. The summed E-state index contributed by atoms with van der Waals surface area (Å²) in [5.74, 6) is 0.525. The van der Waals surface area contributed by atoms with Gasteiger partial charge in [0.25, 0.3) is 11.2 Å². The zero-order valence-corrected chi connectivity index (χ0v) is 30.1. The van der Waals surface area contributed by atoms with Crippen molar-refractivity contribution in [3.63, 3.8) is 0 Å². The van der Waals surface area contributed by atoms with Crippen molar-refractivity contribution in [2.45, 2.75) is 19.6 Å². The van der Waals surface area contributed by atoms with Crippen LogP contribution >= 0.6 is 43.2 Å². The summed E-state index contributed by atoms with van der Waals surface area (Å²) < 4.78 is 20.4. The van der Waals surface area contributed by atoms with Crippen molar-refractivity contribution in [3.8, 4) is 11.5 Å². The topological polar surface area (TPSA) is 122 Å². The van der Waals surface area contributed by atoms with Gasteiger partial charge in [-0.05, 0) is 76.5 Å². The number of nitrogens with zero attached hydrogens (tertiary/aromatic N) is 3. The first-order valence-corrected chi connectivity index (χ1v) is 17.4. The van der Waals surface area contributed by atoms with E-state index in [1.165, 1.54) is 28.0 Å². The number of rotatable bonds is 10. The Morgan fingerprint density at radius 2 is 1.76 bits per heavy atom. The molecule has 1 aliphatic heterocycles. The van der Waals surface area contributed by atoms with E-state index in [2.05, 4.69) is 31.9 Å². The van der Waals surface area contributed by atoms with Crippen LogP contribution in [0.25, 0.3) is 11.8 Å². The molecule has 0 bridgehead atoms. The molecule has 0 saturated carbocycles. The van der Waals surface area contributed by atoms with Gasteiger partial charge in [-0.3, -0.25) is 19.5 Å². The molecule has 13 heteroatoms. The molecule has 0 radical (unpaired) electrons. The van der Waals surface area contributed by atoms with Crippen LogP contribution in [0.15, 0.2) is 115 Å². The van der Waals surface area contributed by atoms with Gasteiger partial charge in [-0.2, -0.15) is 0 Å². The molecule has 49 heavy (non-hydrogen) atoms. The number of esters is 1. The lowest BCUT2D eigenvalue weighted by molar-refractivity contribution is -0.384. The minimum absolute atomic E-state index is 0.0147. The van der Waals surface area contributed by atoms with Gasteiger partial charge in [0.15, 0.2) is 4.80 Å². The summed E-state index contributed by atoms with van der Waals surface area (Å²) in [7, 11) is 1.57. The van der Waals surface area contributed by atoms with Crippen molar-refractivity contribution in [3.05, 3.63) is 158 Å². The van der Waals surface area contributed by atoms with Gasteiger partial charge in [-0.1, -0.05) is 69.7 Å². The Morgan fingerprint density at radius 3 is 2.41 bits per heavy atom. The number of methoxy groups -OCH3 is 1. The zero-order chi connectivity index (χ0) is 34.7. The van der Waals surface area contributed by atoms with Gasteiger partial charge in [0.2, 0.25) is 0 Å². The van der Waals surface area contributed by atoms with Crippen LogP contribution in [-0.4, -0.2) is 29.2 Å². The number of benzene rings is 4. The van der Waals surface area contributed by atoms with E-state index in [0.29, 0.717) is 47.7 Å². The third-order valence-electron chi connectivity index (χ3n) is 7.66. The Hall–Kier alpha value is -4.85. The van der Waals surface area contributed by atoms with Crippen LogP contribution < -0.4 is 24.4 Å². The van der Waals surface area contributed by atoms with Crippen LogP contribution in [0.5, 0.6) is 11.5 Å². The van der Waals surface area contributed by atoms with Crippen molar-refractivity contribution >= 4 is 66.6 Å². The quantitative estimate of drug-likeness (QED) is 0.0851. The molecule has 0 N–H and O–H groups in total.